The van der Waals surface area contributed by atoms with E-state index in [0.717, 1.165) is 5.56 Å². The first-order valence-corrected chi connectivity index (χ1v) is 8.33. The van der Waals surface area contributed by atoms with Crippen LogP contribution in [0.15, 0.2) is 54.9 Å². The van der Waals surface area contributed by atoms with E-state index in [4.69, 9.17) is 23.2 Å². The topological polar surface area (TPSA) is 66.9 Å². The number of nitrogens with one attached hydrogen (secondary N) is 2. The summed E-state index contributed by atoms with van der Waals surface area (Å²) in [6.07, 6.45) is 2.79. The van der Waals surface area contributed by atoms with Crippen LogP contribution in [0.1, 0.15) is 15.9 Å². The molecule has 0 spiro atoms. The van der Waals surface area contributed by atoms with Crippen LogP contribution in [0.4, 0.5) is 16.0 Å². The van der Waals surface area contributed by atoms with Crippen molar-refractivity contribution in [2.24, 2.45) is 0 Å². The Labute approximate surface area is 159 Å². The van der Waals surface area contributed by atoms with Crippen molar-refractivity contribution in [1.29, 1.82) is 0 Å². The molecule has 0 saturated carbocycles. The molecule has 5 nitrogen and oxygen atoms in total. The number of halogens is 3. The van der Waals surface area contributed by atoms with Crippen molar-refractivity contribution in [1.82, 2.24) is 15.3 Å². The fourth-order valence-electron chi connectivity index (χ4n) is 2.11. The molecule has 1 aromatic heterocycles. The molecule has 0 aliphatic heterocycles. The Morgan fingerprint density at radius 3 is 2.42 bits per heavy atom. The van der Waals surface area contributed by atoms with Crippen molar-refractivity contribution in [2.75, 3.05) is 5.32 Å². The Hall–Kier alpha value is -2.70. The summed E-state index contributed by atoms with van der Waals surface area (Å²) in [6, 6.07) is 10.9. The van der Waals surface area contributed by atoms with Gasteiger partial charge in [0.2, 0.25) is 5.95 Å². The zero-order valence-corrected chi connectivity index (χ0v) is 14.9. The van der Waals surface area contributed by atoms with Gasteiger partial charge in [0, 0.05) is 24.0 Å². The summed E-state index contributed by atoms with van der Waals surface area (Å²) in [5.41, 5.74) is 1.65. The monoisotopic (exact) mass is 390 g/mol. The second kappa shape index (κ2) is 8.12. The lowest BCUT2D eigenvalue weighted by Crippen LogP contribution is -2.23. The molecule has 0 bridgehead atoms. The number of nitrogens with zero attached hydrogens (tertiary/aromatic N) is 2. The summed E-state index contributed by atoms with van der Waals surface area (Å²) >= 11 is 12.0. The largest absolute Gasteiger partial charge is 0.348 e. The highest BCUT2D eigenvalue weighted by Crippen LogP contribution is 2.27. The number of aromatic nitrogens is 2. The summed E-state index contributed by atoms with van der Waals surface area (Å²) in [5.74, 6) is -0.373. The fourth-order valence-corrected chi connectivity index (χ4v) is 2.45. The Kier molecular flexibility index (Phi) is 5.65. The molecule has 26 heavy (non-hydrogen) atoms. The molecule has 132 valence electrons. The number of carbonyl (C=O) groups is 1. The van der Waals surface area contributed by atoms with Crippen LogP contribution < -0.4 is 10.6 Å². The molecule has 3 aromatic rings. The van der Waals surface area contributed by atoms with E-state index in [9.17, 15) is 9.18 Å². The van der Waals surface area contributed by atoms with E-state index in [1.807, 2.05) is 0 Å². The quantitative estimate of drug-likeness (QED) is 0.668. The van der Waals surface area contributed by atoms with Gasteiger partial charge < -0.3 is 10.6 Å². The lowest BCUT2D eigenvalue weighted by atomic mass is 10.2. The van der Waals surface area contributed by atoms with E-state index < -0.39 is 0 Å². The summed E-state index contributed by atoms with van der Waals surface area (Å²) in [5, 5.41) is 6.65. The Balaban J connectivity index is 1.62. The summed E-state index contributed by atoms with van der Waals surface area (Å²) in [4.78, 5) is 20.3. The molecule has 2 aromatic carbocycles. The maximum Gasteiger partial charge on any atom is 0.254 e. The van der Waals surface area contributed by atoms with Crippen LogP contribution in [0.3, 0.4) is 0 Å². The molecular formula is C18H13Cl2FN4O. The van der Waals surface area contributed by atoms with Crippen molar-refractivity contribution in [3.8, 4) is 0 Å². The molecule has 8 heteroatoms. The first kappa shape index (κ1) is 18.1. The van der Waals surface area contributed by atoms with Crippen LogP contribution in [0.5, 0.6) is 0 Å². The number of amides is 1. The first-order valence-electron chi connectivity index (χ1n) is 7.58. The minimum atomic E-state index is -0.332. The fraction of sp³-hybridized carbons (Fsp3) is 0.0556. The number of benzene rings is 2. The number of hydrogen-bond donors (Lipinski definition) is 2. The summed E-state index contributed by atoms with van der Waals surface area (Å²) in [7, 11) is 0. The minimum Gasteiger partial charge on any atom is -0.348 e. The van der Waals surface area contributed by atoms with Crippen molar-refractivity contribution in [3.63, 3.8) is 0 Å². The van der Waals surface area contributed by atoms with Gasteiger partial charge in [-0.15, -0.1) is 0 Å². The van der Waals surface area contributed by atoms with E-state index in [1.54, 1.807) is 30.3 Å². The third-order valence-electron chi connectivity index (χ3n) is 3.46. The average molecular weight is 391 g/mol. The predicted octanol–water partition coefficient (Wildman–Crippen LogP) is 4.60. The van der Waals surface area contributed by atoms with E-state index >= 15 is 0 Å². The molecule has 1 heterocycles. The van der Waals surface area contributed by atoms with Gasteiger partial charge in [0.1, 0.15) is 5.82 Å². The maximum absolute atomic E-state index is 12.9. The van der Waals surface area contributed by atoms with Crippen LogP contribution in [-0.2, 0) is 6.54 Å². The van der Waals surface area contributed by atoms with Gasteiger partial charge in [-0.25, -0.2) is 14.4 Å². The Morgan fingerprint density at radius 1 is 1.04 bits per heavy atom. The molecule has 0 radical (unpaired) electrons. The molecule has 0 aliphatic carbocycles. The Bertz CT molecular complexity index is 917. The molecule has 3 rings (SSSR count). The van der Waals surface area contributed by atoms with Gasteiger partial charge in [-0.05, 0) is 35.9 Å². The van der Waals surface area contributed by atoms with Crippen LogP contribution in [0.25, 0.3) is 0 Å². The van der Waals surface area contributed by atoms with E-state index in [1.165, 1.54) is 24.5 Å². The van der Waals surface area contributed by atoms with Crippen molar-refractivity contribution < 1.29 is 9.18 Å². The maximum atomic E-state index is 12.9. The van der Waals surface area contributed by atoms with Gasteiger partial charge >= 0.3 is 0 Å². The molecule has 2 N–H and O–H groups in total. The SMILES string of the molecule is O=C(NCc1ccc(F)cc1)c1cnc(Nc2cc(Cl)ccc2Cl)nc1. The molecule has 0 unspecified atom stereocenters. The Morgan fingerprint density at radius 2 is 1.73 bits per heavy atom. The number of hydrogen-bond acceptors (Lipinski definition) is 4. The molecular weight excluding hydrogens is 378 g/mol. The van der Waals surface area contributed by atoms with E-state index in [2.05, 4.69) is 20.6 Å². The van der Waals surface area contributed by atoms with Crippen LogP contribution >= 0.6 is 23.2 Å². The normalized spacial score (nSPS) is 10.4. The molecule has 0 atom stereocenters. The van der Waals surface area contributed by atoms with Crippen LogP contribution in [-0.4, -0.2) is 15.9 Å². The third-order valence-corrected chi connectivity index (χ3v) is 4.02. The molecule has 0 aliphatic rings. The smallest absolute Gasteiger partial charge is 0.254 e. The highest BCUT2D eigenvalue weighted by Gasteiger charge is 2.08. The number of anilines is 2. The molecule has 0 fully saturated rings. The van der Waals surface area contributed by atoms with Crippen LogP contribution in [0.2, 0.25) is 10.0 Å². The summed E-state index contributed by atoms with van der Waals surface area (Å²) < 4.78 is 12.9. The lowest BCUT2D eigenvalue weighted by Gasteiger charge is -2.08. The molecule has 0 saturated heterocycles. The van der Waals surface area contributed by atoms with Gasteiger partial charge in [0.05, 0.1) is 16.3 Å². The first-order chi connectivity index (χ1) is 12.5. The lowest BCUT2D eigenvalue weighted by molar-refractivity contribution is 0.0950. The number of carbonyl (C=O) groups excluding carboxylic acids is 1. The highest BCUT2D eigenvalue weighted by atomic mass is 35.5. The van der Waals surface area contributed by atoms with Crippen molar-refractivity contribution in [2.45, 2.75) is 6.54 Å². The second-order valence-electron chi connectivity index (χ2n) is 5.35. The second-order valence-corrected chi connectivity index (χ2v) is 6.20. The average Bonchev–Trinajstić information content (AvgIpc) is 2.64. The van der Waals surface area contributed by atoms with Crippen molar-refractivity contribution >= 4 is 40.7 Å². The molecule has 1 amide bonds. The zero-order valence-electron chi connectivity index (χ0n) is 13.3. The highest BCUT2D eigenvalue weighted by molar-refractivity contribution is 6.35. The predicted molar refractivity (Wildman–Crippen MR) is 99.3 cm³/mol. The van der Waals surface area contributed by atoms with Gasteiger partial charge in [0.25, 0.3) is 5.91 Å². The summed E-state index contributed by atoms with van der Waals surface area (Å²) in [6.45, 7) is 0.275. The standard InChI is InChI=1S/C18H13Cl2FN4O/c19-13-3-6-15(20)16(7-13)25-18-23-9-12(10-24-18)17(26)22-8-11-1-4-14(21)5-2-11/h1-7,9-10H,8H2,(H,22,26)(H,23,24,25). The van der Waals surface area contributed by atoms with Gasteiger partial charge in [0.15, 0.2) is 0 Å². The van der Waals surface area contributed by atoms with Crippen molar-refractivity contribution in [3.05, 3.63) is 81.8 Å². The van der Waals surface area contributed by atoms with Gasteiger partial charge in [-0.1, -0.05) is 35.3 Å². The van der Waals surface area contributed by atoms with Crippen LogP contribution in [0, 0.1) is 5.82 Å². The van der Waals surface area contributed by atoms with E-state index in [0.29, 0.717) is 21.3 Å². The van der Waals surface area contributed by atoms with E-state index in [-0.39, 0.29) is 24.2 Å². The van der Waals surface area contributed by atoms with Gasteiger partial charge in [-0.2, -0.15) is 0 Å². The number of rotatable bonds is 5. The van der Waals surface area contributed by atoms with Gasteiger partial charge in [-0.3, -0.25) is 4.79 Å². The zero-order chi connectivity index (χ0) is 18.5. The third kappa shape index (κ3) is 4.68. The minimum absolute atomic E-state index is 0.275.